The van der Waals surface area contributed by atoms with E-state index in [1.165, 1.54) is 0 Å². The molecule has 0 bridgehead atoms. The molecule has 0 radical (unpaired) electrons. The van der Waals surface area contributed by atoms with Crippen molar-refractivity contribution >= 4 is 22.5 Å². The minimum Gasteiger partial charge on any atom is -0.392 e. The molecule has 0 fully saturated rings. The predicted octanol–water partition coefficient (Wildman–Crippen LogP) is 4.00. The normalized spacial score (nSPS) is 11.7. The van der Waals surface area contributed by atoms with Crippen LogP contribution in [0, 0.1) is 11.3 Å². The third-order valence-corrected chi connectivity index (χ3v) is 5.63. The van der Waals surface area contributed by atoms with Gasteiger partial charge in [0.2, 0.25) is 5.91 Å². The van der Waals surface area contributed by atoms with Gasteiger partial charge in [-0.2, -0.15) is 5.26 Å². The second-order valence-electron chi connectivity index (χ2n) is 7.62. The zero-order valence-corrected chi connectivity index (χ0v) is 18.1. The van der Waals surface area contributed by atoms with Crippen LogP contribution in [-0.4, -0.2) is 27.0 Å². The Balaban J connectivity index is 1.86. The fraction of sp³-hybridized carbons (Fsp3) is 0.154. The van der Waals surface area contributed by atoms with Gasteiger partial charge in [-0.3, -0.25) is 9.78 Å². The SMILES string of the molecule is CC[C@@H](Nc1c(C#N)c(-c2ccc(-c3ccccc3CO)cc2)nc2cnccc12)C(N)=O. The van der Waals surface area contributed by atoms with Crippen molar-refractivity contribution in [1.29, 1.82) is 5.26 Å². The van der Waals surface area contributed by atoms with Crippen molar-refractivity contribution in [3.63, 3.8) is 0 Å². The van der Waals surface area contributed by atoms with Gasteiger partial charge in [0.15, 0.2) is 0 Å². The maximum absolute atomic E-state index is 11.9. The highest BCUT2D eigenvalue weighted by Crippen LogP contribution is 2.35. The first kappa shape index (κ1) is 21.9. The highest BCUT2D eigenvalue weighted by molar-refractivity contribution is 5.99. The monoisotopic (exact) mass is 437 g/mol. The van der Waals surface area contributed by atoms with Crippen molar-refractivity contribution in [2.45, 2.75) is 26.0 Å². The van der Waals surface area contributed by atoms with Gasteiger partial charge in [-0.1, -0.05) is 55.5 Å². The van der Waals surface area contributed by atoms with Crippen LogP contribution in [0.5, 0.6) is 0 Å². The number of rotatable bonds is 7. The Kier molecular flexibility index (Phi) is 6.29. The molecule has 7 heteroatoms. The Hall–Kier alpha value is -4.28. The van der Waals surface area contributed by atoms with Gasteiger partial charge in [0.1, 0.15) is 17.7 Å². The molecule has 7 nitrogen and oxygen atoms in total. The van der Waals surface area contributed by atoms with Gasteiger partial charge in [0.05, 0.1) is 29.7 Å². The molecule has 0 aliphatic carbocycles. The maximum Gasteiger partial charge on any atom is 0.239 e. The number of primary amides is 1. The molecule has 2 aromatic carbocycles. The average Bonchev–Trinajstić information content (AvgIpc) is 2.86. The highest BCUT2D eigenvalue weighted by atomic mass is 16.3. The number of nitrogens with one attached hydrogen (secondary N) is 1. The number of aliphatic hydroxyl groups excluding tert-OH is 1. The predicted molar refractivity (Wildman–Crippen MR) is 128 cm³/mol. The minimum atomic E-state index is -0.624. The lowest BCUT2D eigenvalue weighted by atomic mass is 9.96. The largest absolute Gasteiger partial charge is 0.392 e. The Morgan fingerprint density at radius 3 is 2.55 bits per heavy atom. The number of aromatic nitrogens is 2. The molecule has 0 aliphatic heterocycles. The molecule has 0 saturated heterocycles. The summed E-state index contributed by atoms with van der Waals surface area (Å²) >= 11 is 0. The fourth-order valence-corrected chi connectivity index (χ4v) is 3.88. The van der Waals surface area contributed by atoms with E-state index in [9.17, 15) is 15.2 Å². The average molecular weight is 438 g/mol. The van der Waals surface area contributed by atoms with E-state index in [-0.39, 0.29) is 6.61 Å². The van der Waals surface area contributed by atoms with Crippen LogP contribution in [0.1, 0.15) is 24.5 Å². The minimum absolute atomic E-state index is 0.0524. The van der Waals surface area contributed by atoms with Crippen LogP contribution in [0.15, 0.2) is 67.0 Å². The third-order valence-electron chi connectivity index (χ3n) is 5.63. The van der Waals surface area contributed by atoms with Crippen LogP contribution < -0.4 is 11.1 Å². The molecule has 33 heavy (non-hydrogen) atoms. The zero-order valence-electron chi connectivity index (χ0n) is 18.1. The molecule has 4 N–H and O–H groups in total. The van der Waals surface area contributed by atoms with Gasteiger partial charge in [0.25, 0.3) is 0 Å². The number of fused-ring (bicyclic) bond motifs is 1. The molecular formula is C26H23N5O2. The molecule has 2 aromatic heterocycles. The number of nitrogens with two attached hydrogens (primary N) is 1. The number of nitriles is 1. The number of benzene rings is 2. The standard InChI is InChI=1S/C26H23N5O2/c1-2-22(26(28)33)30-25-20-11-12-29-14-23(20)31-24(21(25)13-27)17-9-7-16(8-10-17)19-6-4-3-5-18(19)15-32/h3-12,14,22,32H,2,15H2,1H3,(H2,28,33)(H,30,31)/t22-/m1/s1. The number of anilines is 1. The van der Waals surface area contributed by atoms with Crippen molar-refractivity contribution in [3.05, 3.63) is 78.1 Å². The summed E-state index contributed by atoms with van der Waals surface area (Å²) in [5.74, 6) is -0.492. The summed E-state index contributed by atoms with van der Waals surface area (Å²) in [4.78, 5) is 20.8. The van der Waals surface area contributed by atoms with Crippen LogP contribution in [0.3, 0.4) is 0 Å². The molecule has 4 aromatic rings. The smallest absolute Gasteiger partial charge is 0.239 e. The molecule has 0 unspecified atom stereocenters. The molecular weight excluding hydrogens is 414 g/mol. The summed E-state index contributed by atoms with van der Waals surface area (Å²) in [6.45, 7) is 1.80. The Morgan fingerprint density at radius 1 is 1.15 bits per heavy atom. The quantitative estimate of drug-likeness (QED) is 0.401. The Labute approximate surface area is 191 Å². The van der Waals surface area contributed by atoms with Gasteiger partial charge in [0, 0.05) is 17.1 Å². The Bertz CT molecular complexity index is 1360. The van der Waals surface area contributed by atoms with Gasteiger partial charge in [-0.05, 0) is 29.2 Å². The van der Waals surface area contributed by atoms with E-state index in [1.807, 2.05) is 55.5 Å². The van der Waals surface area contributed by atoms with Crippen molar-refractivity contribution < 1.29 is 9.90 Å². The maximum atomic E-state index is 11.9. The molecule has 164 valence electrons. The molecule has 1 atom stereocenters. The summed E-state index contributed by atoms with van der Waals surface area (Å²) < 4.78 is 0. The number of nitrogens with zero attached hydrogens (tertiary/aromatic N) is 3. The lowest BCUT2D eigenvalue weighted by molar-refractivity contribution is -0.118. The number of amides is 1. The molecule has 0 saturated carbocycles. The number of carbonyl (C=O) groups excluding carboxylic acids is 1. The van der Waals surface area contributed by atoms with Crippen molar-refractivity contribution in [2.24, 2.45) is 5.73 Å². The Morgan fingerprint density at radius 2 is 1.88 bits per heavy atom. The number of hydrogen-bond donors (Lipinski definition) is 3. The lowest BCUT2D eigenvalue weighted by Gasteiger charge is -2.19. The zero-order chi connectivity index (χ0) is 23.4. The van der Waals surface area contributed by atoms with Crippen LogP contribution in [-0.2, 0) is 11.4 Å². The van der Waals surface area contributed by atoms with E-state index in [4.69, 9.17) is 10.7 Å². The summed E-state index contributed by atoms with van der Waals surface area (Å²) in [6, 6.07) is 18.7. The van der Waals surface area contributed by atoms with E-state index >= 15 is 0 Å². The molecule has 0 spiro atoms. The van der Waals surface area contributed by atoms with Crippen LogP contribution in [0.25, 0.3) is 33.3 Å². The number of hydrogen-bond acceptors (Lipinski definition) is 6. The second-order valence-corrected chi connectivity index (χ2v) is 7.62. The van der Waals surface area contributed by atoms with E-state index in [1.54, 1.807) is 18.5 Å². The van der Waals surface area contributed by atoms with Crippen LogP contribution in [0.2, 0.25) is 0 Å². The van der Waals surface area contributed by atoms with Gasteiger partial charge >= 0.3 is 0 Å². The summed E-state index contributed by atoms with van der Waals surface area (Å²) in [5.41, 5.74) is 10.9. The van der Waals surface area contributed by atoms with Gasteiger partial charge in [-0.15, -0.1) is 0 Å². The van der Waals surface area contributed by atoms with Crippen LogP contribution >= 0.6 is 0 Å². The van der Waals surface area contributed by atoms with E-state index in [0.29, 0.717) is 34.3 Å². The first-order valence-electron chi connectivity index (χ1n) is 10.6. The van der Waals surface area contributed by atoms with E-state index in [0.717, 1.165) is 22.3 Å². The summed E-state index contributed by atoms with van der Waals surface area (Å²) in [6.07, 6.45) is 3.72. The number of pyridine rings is 2. The van der Waals surface area contributed by atoms with E-state index in [2.05, 4.69) is 16.4 Å². The first-order valence-corrected chi connectivity index (χ1v) is 10.6. The lowest BCUT2D eigenvalue weighted by Crippen LogP contribution is -2.35. The molecule has 4 rings (SSSR count). The third kappa shape index (κ3) is 4.25. The second kappa shape index (κ2) is 9.47. The van der Waals surface area contributed by atoms with Crippen molar-refractivity contribution in [2.75, 3.05) is 5.32 Å². The fourth-order valence-electron chi connectivity index (χ4n) is 3.88. The first-order chi connectivity index (χ1) is 16.1. The number of aliphatic hydroxyl groups is 1. The van der Waals surface area contributed by atoms with Gasteiger partial charge < -0.3 is 16.2 Å². The number of carbonyl (C=O) groups is 1. The van der Waals surface area contributed by atoms with Gasteiger partial charge in [-0.25, -0.2) is 4.98 Å². The molecule has 2 heterocycles. The topological polar surface area (TPSA) is 125 Å². The highest BCUT2D eigenvalue weighted by Gasteiger charge is 2.21. The van der Waals surface area contributed by atoms with Crippen molar-refractivity contribution in [3.8, 4) is 28.5 Å². The molecule has 1 amide bonds. The van der Waals surface area contributed by atoms with E-state index < -0.39 is 11.9 Å². The van der Waals surface area contributed by atoms with Crippen LogP contribution in [0.4, 0.5) is 5.69 Å². The van der Waals surface area contributed by atoms with Crippen molar-refractivity contribution in [1.82, 2.24) is 9.97 Å². The summed E-state index contributed by atoms with van der Waals surface area (Å²) in [5, 5.41) is 23.6. The molecule has 0 aliphatic rings. The summed E-state index contributed by atoms with van der Waals surface area (Å²) in [7, 11) is 0.